The molecule has 1 saturated heterocycles. The minimum absolute atomic E-state index is 0.454. The Bertz CT molecular complexity index is 437. The number of nitrogens with one attached hydrogen (secondary N) is 1. The van der Waals surface area contributed by atoms with E-state index in [4.69, 9.17) is 0 Å². The highest BCUT2D eigenvalue weighted by Crippen LogP contribution is 2.42. The maximum Gasteiger partial charge on any atom is 0.0949 e. The molecule has 2 fully saturated rings. The van der Waals surface area contributed by atoms with E-state index in [0.717, 1.165) is 6.54 Å². The molecule has 2 heterocycles. The second-order valence-corrected chi connectivity index (χ2v) is 7.87. The van der Waals surface area contributed by atoms with Crippen LogP contribution in [-0.2, 0) is 6.54 Å². The maximum atomic E-state index is 4.44. The van der Waals surface area contributed by atoms with Crippen LogP contribution < -0.4 is 5.32 Å². The molecule has 1 saturated carbocycles. The van der Waals surface area contributed by atoms with Crippen LogP contribution in [0.4, 0.5) is 0 Å². The number of hydrogen-bond donors (Lipinski definition) is 1. The van der Waals surface area contributed by atoms with E-state index in [1.807, 2.05) is 6.33 Å². The van der Waals surface area contributed by atoms with Crippen molar-refractivity contribution in [1.29, 1.82) is 0 Å². The molecule has 0 spiro atoms. The van der Waals surface area contributed by atoms with Crippen LogP contribution in [0.2, 0.25) is 0 Å². The number of nitrogens with zero attached hydrogens (tertiary/aromatic N) is 2. The van der Waals surface area contributed by atoms with Gasteiger partial charge in [-0.15, -0.1) is 0 Å². The highest BCUT2D eigenvalue weighted by atomic mass is 32.2. The van der Waals surface area contributed by atoms with Gasteiger partial charge < -0.3 is 9.88 Å². The molecule has 0 radical (unpaired) electrons. The third kappa shape index (κ3) is 2.91. The summed E-state index contributed by atoms with van der Waals surface area (Å²) in [7, 11) is 0. The number of piperidine rings is 1. The molecule has 2 atom stereocenters. The van der Waals surface area contributed by atoms with Gasteiger partial charge in [-0.1, -0.05) is 12.8 Å². The summed E-state index contributed by atoms with van der Waals surface area (Å²) >= 11 is 2.06. The van der Waals surface area contributed by atoms with E-state index in [1.165, 1.54) is 50.6 Å². The molecule has 3 nitrogen and oxygen atoms in total. The first kappa shape index (κ1) is 14.5. The molecule has 0 amide bonds. The van der Waals surface area contributed by atoms with Gasteiger partial charge in [0.2, 0.25) is 0 Å². The first-order valence-electron chi connectivity index (χ1n) is 8.04. The zero-order chi connectivity index (χ0) is 14.0. The van der Waals surface area contributed by atoms with Gasteiger partial charge in [0.15, 0.2) is 0 Å². The average molecular weight is 293 g/mol. The number of aromatic nitrogens is 2. The Hall–Kier alpha value is -0.480. The van der Waals surface area contributed by atoms with Crippen LogP contribution in [-0.4, -0.2) is 26.6 Å². The Morgan fingerprint density at radius 3 is 2.85 bits per heavy atom. The van der Waals surface area contributed by atoms with Crippen molar-refractivity contribution in [2.24, 2.45) is 0 Å². The Kier molecular flexibility index (Phi) is 4.41. The van der Waals surface area contributed by atoms with Crippen LogP contribution in [0.5, 0.6) is 0 Å². The van der Waals surface area contributed by atoms with Crippen LogP contribution >= 0.6 is 11.8 Å². The van der Waals surface area contributed by atoms with Gasteiger partial charge in [0, 0.05) is 29.6 Å². The van der Waals surface area contributed by atoms with Gasteiger partial charge in [0.1, 0.15) is 0 Å². The van der Waals surface area contributed by atoms with Crippen LogP contribution in [0.1, 0.15) is 63.6 Å². The molecule has 20 heavy (non-hydrogen) atoms. The summed E-state index contributed by atoms with van der Waals surface area (Å²) < 4.78 is 2.88. The highest BCUT2D eigenvalue weighted by Gasteiger charge is 2.34. The summed E-state index contributed by atoms with van der Waals surface area (Å²) in [6.07, 6.45) is 15.8. The molecule has 2 unspecified atom stereocenters. The predicted molar refractivity (Wildman–Crippen MR) is 86.1 cm³/mol. The van der Waals surface area contributed by atoms with Crippen molar-refractivity contribution in [2.75, 3.05) is 6.26 Å². The van der Waals surface area contributed by atoms with E-state index in [2.05, 4.69) is 46.0 Å². The molecule has 1 aliphatic carbocycles. The standard InChI is InChI=1S/C16H27N3S/c1-13-6-5-7-14(18-13)15-10-17-12-19(15)11-16(20-2)8-3-4-9-16/h10,12-14,18H,3-9,11H2,1-2H3. The average Bonchev–Trinajstić information content (AvgIpc) is 3.09. The number of imidazole rings is 1. The lowest BCUT2D eigenvalue weighted by Crippen LogP contribution is -2.36. The summed E-state index contributed by atoms with van der Waals surface area (Å²) in [5, 5.41) is 3.75. The zero-order valence-corrected chi connectivity index (χ0v) is 13.6. The molecule has 3 rings (SSSR count). The Morgan fingerprint density at radius 2 is 2.15 bits per heavy atom. The lowest BCUT2D eigenvalue weighted by atomic mass is 9.97. The monoisotopic (exact) mass is 293 g/mol. The SMILES string of the molecule is CSC1(Cn2cncc2C2CCCC(C)N2)CCCC1. The summed E-state index contributed by atoms with van der Waals surface area (Å²) in [5.41, 5.74) is 1.40. The Morgan fingerprint density at radius 1 is 1.35 bits per heavy atom. The smallest absolute Gasteiger partial charge is 0.0949 e. The van der Waals surface area contributed by atoms with Crippen molar-refractivity contribution in [3.63, 3.8) is 0 Å². The summed E-state index contributed by atoms with van der Waals surface area (Å²) in [6, 6.07) is 1.14. The summed E-state index contributed by atoms with van der Waals surface area (Å²) in [4.78, 5) is 4.44. The molecule has 1 aliphatic heterocycles. The fraction of sp³-hybridized carbons (Fsp3) is 0.812. The van der Waals surface area contributed by atoms with E-state index in [-0.39, 0.29) is 0 Å². The van der Waals surface area contributed by atoms with Crippen molar-refractivity contribution in [2.45, 2.75) is 75.2 Å². The summed E-state index contributed by atoms with van der Waals surface area (Å²) in [6.45, 7) is 3.43. The van der Waals surface area contributed by atoms with Gasteiger partial charge in [0.05, 0.1) is 12.0 Å². The summed E-state index contributed by atoms with van der Waals surface area (Å²) in [5.74, 6) is 0. The third-order valence-electron chi connectivity index (χ3n) is 5.12. The van der Waals surface area contributed by atoms with E-state index < -0.39 is 0 Å². The predicted octanol–water partition coefficient (Wildman–Crippen LogP) is 3.76. The quantitative estimate of drug-likeness (QED) is 0.916. The molecule has 0 bridgehead atoms. The van der Waals surface area contributed by atoms with E-state index in [1.54, 1.807) is 0 Å². The fourth-order valence-corrected chi connectivity index (χ4v) is 4.85. The Balaban J connectivity index is 1.76. The number of hydrogen-bond acceptors (Lipinski definition) is 3. The second kappa shape index (κ2) is 6.10. The van der Waals surface area contributed by atoms with Crippen LogP contribution in [0.3, 0.4) is 0 Å². The van der Waals surface area contributed by atoms with Crippen LogP contribution in [0.15, 0.2) is 12.5 Å². The normalized spacial score (nSPS) is 29.7. The molecule has 1 aromatic heterocycles. The third-order valence-corrected chi connectivity index (χ3v) is 6.53. The van der Waals surface area contributed by atoms with E-state index >= 15 is 0 Å². The molecule has 0 aromatic carbocycles. The Labute approximate surface area is 126 Å². The first-order chi connectivity index (χ1) is 9.72. The van der Waals surface area contributed by atoms with Gasteiger partial charge in [-0.05, 0) is 45.3 Å². The van der Waals surface area contributed by atoms with Gasteiger partial charge in [0.25, 0.3) is 0 Å². The molecule has 112 valence electrons. The van der Waals surface area contributed by atoms with Gasteiger partial charge in [-0.2, -0.15) is 11.8 Å². The molecule has 1 N–H and O–H groups in total. The maximum absolute atomic E-state index is 4.44. The number of thioether (sulfide) groups is 1. The van der Waals surface area contributed by atoms with Crippen LogP contribution in [0, 0.1) is 0 Å². The molecule has 1 aromatic rings. The van der Waals surface area contributed by atoms with Gasteiger partial charge in [-0.25, -0.2) is 4.98 Å². The van der Waals surface area contributed by atoms with Gasteiger partial charge in [-0.3, -0.25) is 0 Å². The lowest BCUT2D eigenvalue weighted by molar-refractivity contribution is 0.325. The molecule has 4 heteroatoms. The van der Waals surface area contributed by atoms with Crippen molar-refractivity contribution in [3.05, 3.63) is 18.2 Å². The lowest BCUT2D eigenvalue weighted by Gasteiger charge is -2.32. The van der Waals surface area contributed by atoms with Crippen molar-refractivity contribution in [1.82, 2.24) is 14.9 Å². The van der Waals surface area contributed by atoms with Crippen molar-refractivity contribution in [3.8, 4) is 0 Å². The van der Waals surface area contributed by atoms with E-state index in [0.29, 0.717) is 16.8 Å². The fourth-order valence-electron chi connectivity index (χ4n) is 3.88. The van der Waals surface area contributed by atoms with E-state index in [9.17, 15) is 0 Å². The first-order valence-corrected chi connectivity index (χ1v) is 9.26. The molecule has 2 aliphatic rings. The zero-order valence-electron chi connectivity index (χ0n) is 12.8. The van der Waals surface area contributed by atoms with Crippen molar-refractivity contribution < 1.29 is 0 Å². The minimum Gasteiger partial charge on any atom is -0.332 e. The van der Waals surface area contributed by atoms with Gasteiger partial charge >= 0.3 is 0 Å². The molecular weight excluding hydrogens is 266 g/mol. The minimum atomic E-state index is 0.454. The molecular formula is C16H27N3S. The van der Waals surface area contributed by atoms with Crippen molar-refractivity contribution >= 4 is 11.8 Å². The second-order valence-electron chi connectivity index (χ2n) is 6.59. The topological polar surface area (TPSA) is 29.9 Å². The highest BCUT2D eigenvalue weighted by molar-refractivity contribution is 8.00. The largest absolute Gasteiger partial charge is 0.332 e. The van der Waals surface area contributed by atoms with Crippen LogP contribution in [0.25, 0.3) is 0 Å². The number of rotatable bonds is 4.